The molecule has 1 fully saturated rings. The number of nitrogens with zero attached hydrogens (tertiary/aromatic N) is 2. The van der Waals surface area contributed by atoms with Gasteiger partial charge in [-0.3, -0.25) is 4.79 Å². The minimum atomic E-state index is -3.50. The van der Waals surface area contributed by atoms with Gasteiger partial charge in [0.15, 0.2) is 0 Å². The molecule has 6 nitrogen and oxygen atoms in total. The van der Waals surface area contributed by atoms with Gasteiger partial charge < -0.3 is 9.64 Å². The van der Waals surface area contributed by atoms with Crippen LogP contribution in [0.4, 0.5) is 0 Å². The largest absolute Gasteiger partial charge is 0.496 e. The normalized spacial score (nSPS) is 15.6. The molecule has 1 heterocycles. The monoisotopic (exact) mass is 354 g/mol. The van der Waals surface area contributed by atoms with Crippen molar-refractivity contribution >= 4 is 15.9 Å². The summed E-state index contributed by atoms with van der Waals surface area (Å²) in [5, 5.41) is 0. The molecule has 7 heteroatoms. The molecule has 0 spiro atoms. The van der Waals surface area contributed by atoms with Gasteiger partial charge in [0.2, 0.25) is 15.9 Å². The highest BCUT2D eigenvalue weighted by Gasteiger charge is 2.20. The molecule has 0 saturated carbocycles. The smallest absolute Gasteiger partial charge is 0.242 e. The molecule has 0 unspecified atom stereocenters. The Kier molecular flexibility index (Phi) is 6.23. The molecule has 0 radical (unpaired) electrons. The molecule has 1 aliphatic heterocycles. The maximum atomic E-state index is 12.3. The highest BCUT2D eigenvalue weighted by molar-refractivity contribution is 7.89. The summed E-state index contributed by atoms with van der Waals surface area (Å²) in [5.74, 6) is 0.733. The van der Waals surface area contributed by atoms with Crippen LogP contribution in [0.15, 0.2) is 23.1 Å². The van der Waals surface area contributed by atoms with Crippen molar-refractivity contribution < 1.29 is 17.9 Å². The van der Waals surface area contributed by atoms with Crippen LogP contribution in [0.1, 0.15) is 31.2 Å². The summed E-state index contributed by atoms with van der Waals surface area (Å²) in [4.78, 5) is 14.4. The molecule has 1 aliphatic rings. The van der Waals surface area contributed by atoms with E-state index in [0.717, 1.165) is 31.5 Å². The zero-order chi connectivity index (χ0) is 17.7. The molecule has 134 valence electrons. The first-order chi connectivity index (χ1) is 11.4. The van der Waals surface area contributed by atoms with E-state index >= 15 is 0 Å². The lowest BCUT2D eigenvalue weighted by Crippen LogP contribution is -2.35. The molecule has 1 aromatic rings. The molecule has 0 aromatic heterocycles. The first kappa shape index (κ1) is 18.7. The Morgan fingerprint density at radius 2 is 1.88 bits per heavy atom. The van der Waals surface area contributed by atoms with Gasteiger partial charge in [-0.2, -0.15) is 0 Å². The fourth-order valence-electron chi connectivity index (χ4n) is 2.86. The number of hydrogen-bond acceptors (Lipinski definition) is 4. The Hall–Kier alpha value is -1.60. The maximum absolute atomic E-state index is 12.3. The number of piperidine rings is 1. The predicted molar refractivity (Wildman–Crippen MR) is 92.6 cm³/mol. The Balaban J connectivity index is 2.14. The first-order valence-corrected chi connectivity index (χ1v) is 9.67. The number of aryl methyl sites for hydroxylation is 1. The van der Waals surface area contributed by atoms with Crippen LogP contribution in [-0.2, 0) is 21.2 Å². The highest BCUT2D eigenvalue weighted by Crippen LogP contribution is 2.25. The molecule has 1 aromatic carbocycles. The van der Waals surface area contributed by atoms with E-state index in [2.05, 4.69) is 0 Å². The van der Waals surface area contributed by atoms with E-state index in [1.807, 2.05) is 4.90 Å². The molecule has 0 atom stereocenters. The Morgan fingerprint density at radius 3 is 2.46 bits per heavy atom. The molecule has 0 bridgehead atoms. The van der Waals surface area contributed by atoms with E-state index in [1.165, 1.54) is 30.9 Å². The number of ether oxygens (including phenoxy) is 1. The summed E-state index contributed by atoms with van der Waals surface area (Å²) < 4.78 is 31.1. The lowest BCUT2D eigenvalue weighted by Gasteiger charge is -2.26. The van der Waals surface area contributed by atoms with Crippen molar-refractivity contribution in [2.24, 2.45) is 0 Å². The second kappa shape index (κ2) is 7.98. The van der Waals surface area contributed by atoms with Gasteiger partial charge in [0, 0.05) is 33.6 Å². The lowest BCUT2D eigenvalue weighted by molar-refractivity contribution is -0.132. The van der Waals surface area contributed by atoms with Gasteiger partial charge in [-0.05, 0) is 49.4 Å². The van der Waals surface area contributed by atoms with Crippen molar-refractivity contribution in [1.82, 2.24) is 9.21 Å². The third-order valence-electron chi connectivity index (χ3n) is 4.35. The zero-order valence-electron chi connectivity index (χ0n) is 14.6. The first-order valence-electron chi connectivity index (χ1n) is 8.23. The van der Waals surface area contributed by atoms with E-state index in [9.17, 15) is 13.2 Å². The quantitative estimate of drug-likeness (QED) is 0.782. The molecule has 1 saturated heterocycles. The van der Waals surface area contributed by atoms with Gasteiger partial charge in [-0.25, -0.2) is 12.7 Å². The topological polar surface area (TPSA) is 66.9 Å². The van der Waals surface area contributed by atoms with Crippen LogP contribution >= 0.6 is 0 Å². The number of hydrogen-bond donors (Lipinski definition) is 0. The van der Waals surface area contributed by atoms with Crippen molar-refractivity contribution in [3.8, 4) is 5.75 Å². The number of sulfonamides is 1. The number of benzene rings is 1. The third-order valence-corrected chi connectivity index (χ3v) is 6.16. The van der Waals surface area contributed by atoms with Crippen LogP contribution in [0.5, 0.6) is 5.75 Å². The second-order valence-corrected chi connectivity index (χ2v) is 8.35. The van der Waals surface area contributed by atoms with Gasteiger partial charge in [0.05, 0.1) is 12.0 Å². The van der Waals surface area contributed by atoms with Crippen LogP contribution in [0.2, 0.25) is 0 Å². The minimum absolute atomic E-state index is 0.123. The molecule has 2 rings (SSSR count). The average Bonchev–Trinajstić information content (AvgIpc) is 2.59. The van der Waals surface area contributed by atoms with Crippen LogP contribution in [-0.4, -0.2) is 57.8 Å². The van der Waals surface area contributed by atoms with Crippen molar-refractivity contribution in [2.45, 2.75) is 37.0 Å². The molecular formula is C17H26N2O4S. The van der Waals surface area contributed by atoms with E-state index in [1.54, 1.807) is 19.2 Å². The molecular weight excluding hydrogens is 328 g/mol. The zero-order valence-corrected chi connectivity index (χ0v) is 15.4. The molecule has 0 aliphatic carbocycles. The second-order valence-electron chi connectivity index (χ2n) is 6.20. The number of methoxy groups -OCH3 is 1. The minimum Gasteiger partial charge on any atom is -0.496 e. The van der Waals surface area contributed by atoms with Crippen LogP contribution in [0.3, 0.4) is 0 Å². The fraction of sp³-hybridized carbons (Fsp3) is 0.588. The van der Waals surface area contributed by atoms with Crippen molar-refractivity contribution in [1.29, 1.82) is 0 Å². The van der Waals surface area contributed by atoms with Crippen LogP contribution < -0.4 is 4.74 Å². The molecule has 1 amide bonds. The van der Waals surface area contributed by atoms with E-state index < -0.39 is 10.0 Å². The van der Waals surface area contributed by atoms with Crippen molar-refractivity contribution in [2.75, 3.05) is 34.3 Å². The van der Waals surface area contributed by atoms with Gasteiger partial charge >= 0.3 is 0 Å². The number of rotatable bonds is 6. The Morgan fingerprint density at radius 1 is 1.21 bits per heavy atom. The van der Waals surface area contributed by atoms with E-state index in [-0.39, 0.29) is 10.8 Å². The standard InChI is InChI=1S/C17H26N2O4S/c1-18(2)24(21,22)15-8-9-16(23-3)14(13-15)7-10-17(20)19-11-5-4-6-12-19/h8-9,13H,4-7,10-12H2,1-3H3. The number of carbonyl (C=O) groups excluding carboxylic acids is 1. The van der Waals surface area contributed by atoms with E-state index in [4.69, 9.17) is 4.74 Å². The van der Waals surface area contributed by atoms with Crippen molar-refractivity contribution in [3.63, 3.8) is 0 Å². The summed E-state index contributed by atoms with van der Waals surface area (Å²) in [6, 6.07) is 4.79. The van der Waals surface area contributed by atoms with E-state index in [0.29, 0.717) is 18.6 Å². The number of amides is 1. The van der Waals surface area contributed by atoms with Crippen LogP contribution in [0, 0.1) is 0 Å². The lowest BCUT2D eigenvalue weighted by atomic mass is 10.1. The van der Waals surface area contributed by atoms with Gasteiger partial charge in [0.1, 0.15) is 5.75 Å². The summed E-state index contributed by atoms with van der Waals surface area (Å²) in [5.41, 5.74) is 0.741. The Labute approximate surface area is 144 Å². The van der Waals surface area contributed by atoms with Gasteiger partial charge in [-0.1, -0.05) is 0 Å². The maximum Gasteiger partial charge on any atom is 0.242 e. The average molecular weight is 354 g/mol. The summed E-state index contributed by atoms with van der Waals surface area (Å²) in [6.45, 7) is 1.65. The molecule has 0 N–H and O–H groups in total. The highest BCUT2D eigenvalue weighted by atomic mass is 32.2. The van der Waals surface area contributed by atoms with Gasteiger partial charge in [0.25, 0.3) is 0 Å². The Bertz CT molecular complexity index is 680. The third kappa shape index (κ3) is 4.27. The van der Waals surface area contributed by atoms with Crippen LogP contribution in [0.25, 0.3) is 0 Å². The van der Waals surface area contributed by atoms with Gasteiger partial charge in [-0.15, -0.1) is 0 Å². The summed E-state index contributed by atoms with van der Waals surface area (Å²) in [6.07, 6.45) is 4.14. The molecule has 24 heavy (non-hydrogen) atoms. The summed E-state index contributed by atoms with van der Waals surface area (Å²) >= 11 is 0. The summed E-state index contributed by atoms with van der Waals surface area (Å²) in [7, 11) is 1.04. The number of likely N-dealkylation sites (tertiary alicyclic amines) is 1. The predicted octanol–water partition coefficient (Wildman–Crippen LogP) is 1.89. The number of carbonyl (C=O) groups is 1. The SMILES string of the molecule is COc1ccc(S(=O)(=O)N(C)C)cc1CCC(=O)N1CCCCC1. The van der Waals surface area contributed by atoms with Crippen molar-refractivity contribution in [3.05, 3.63) is 23.8 Å². The fourth-order valence-corrected chi connectivity index (χ4v) is 3.82.